The zero-order valence-electron chi connectivity index (χ0n) is 6.79. The average molecular weight is 161 g/mol. The van der Waals surface area contributed by atoms with Crippen molar-refractivity contribution in [1.82, 2.24) is 0 Å². The lowest BCUT2D eigenvalue weighted by Gasteiger charge is -2.00. The normalized spacial score (nSPS) is 9.42. The van der Waals surface area contributed by atoms with Crippen molar-refractivity contribution in [2.75, 3.05) is 6.54 Å². The highest BCUT2D eigenvalue weighted by molar-refractivity contribution is 6.08. The van der Waals surface area contributed by atoms with Gasteiger partial charge < -0.3 is 5.73 Å². The van der Waals surface area contributed by atoms with Crippen LogP contribution in [0.15, 0.2) is 42.5 Å². The highest BCUT2D eigenvalue weighted by Crippen LogP contribution is 2.04. The third-order valence-electron chi connectivity index (χ3n) is 1.60. The van der Waals surface area contributed by atoms with E-state index in [-0.39, 0.29) is 12.3 Å². The molecular formula is C10H11NO. The molecule has 0 atom stereocenters. The molecule has 0 radical (unpaired) electrons. The van der Waals surface area contributed by atoms with Crippen LogP contribution in [0.4, 0.5) is 0 Å². The maximum Gasteiger partial charge on any atom is 0.189 e. The van der Waals surface area contributed by atoms with Gasteiger partial charge in [0.25, 0.3) is 0 Å². The molecular weight excluding hydrogens is 150 g/mol. The van der Waals surface area contributed by atoms with Crippen LogP contribution in [0, 0.1) is 0 Å². The van der Waals surface area contributed by atoms with Gasteiger partial charge in [0, 0.05) is 17.7 Å². The number of rotatable bonds is 3. The summed E-state index contributed by atoms with van der Waals surface area (Å²) < 4.78 is 0. The van der Waals surface area contributed by atoms with Gasteiger partial charge in [-0.3, -0.25) is 4.79 Å². The van der Waals surface area contributed by atoms with Crippen molar-refractivity contribution >= 4 is 5.78 Å². The largest absolute Gasteiger partial charge is 0.326 e. The smallest absolute Gasteiger partial charge is 0.189 e. The van der Waals surface area contributed by atoms with Gasteiger partial charge in [-0.05, 0) is 0 Å². The Hall–Kier alpha value is -1.41. The summed E-state index contributed by atoms with van der Waals surface area (Å²) in [6.07, 6.45) is 0. The molecule has 0 aliphatic heterocycles. The van der Waals surface area contributed by atoms with Crippen LogP contribution in [0.1, 0.15) is 10.4 Å². The number of carbonyl (C=O) groups excluding carboxylic acids is 1. The molecule has 0 fully saturated rings. The molecule has 1 aromatic rings. The van der Waals surface area contributed by atoms with Crippen LogP contribution in [0.5, 0.6) is 0 Å². The molecule has 12 heavy (non-hydrogen) atoms. The molecule has 0 aliphatic rings. The van der Waals surface area contributed by atoms with Gasteiger partial charge >= 0.3 is 0 Å². The molecule has 62 valence electrons. The van der Waals surface area contributed by atoms with Crippen LogP contribution in [0.25, 0.3) is 0 Å². The molecule has 0 amide bonds. The fourth-order valence-electron chi connectivity index (χ4n) is 0.886. The van der Waals surface area contributed by atoms with Gasteiger partial charge in [-0.15, -0.1) is 0 Å². The molecule has 0 aliphatic carbocycles. The van der Waals surface area contributed by atoms with E-state index < -0.39 is 0 Å². The lowest BCUT2D eigenvalue weighted by atomic mass is 10.1. The summed E-state index contributed by atoms with van der Waals surface area (Å²) in [4.78, 5) is 11.4. The van der Waals surface area contributed by atoms with Crippen molar-refractivity contribution in [2.24, 2.45) is 5.73 Å². The molecule has 1 aromatic carbocycles. The summed E-state index contributed by atoms with van der Waals surface area (Å²) in [6, 6.07) is 9.00. The number of ketones is 1. The summed E-state index contributed by atoms with van der Waals surface area (Å²) in [7, 11) is 0. The second kappa shape index (κ2) is 3.83. The second-order valence-corrected chi connectivity index (χ2v) is 2.50. The van der Waals surface area contributed by atoms with E-state index in [1.165, 1.54) is 0 Å². The van der Waals surface area contributed by atoms with Crippen molar-refractivity contribution in [3.63, 3.8) is 0 Å². The van der Waals surface area contributed by atoms with Gasteiger partial charge in [0.2, 0.25) is 0 Å². The molecule has 0 bridgehead atoms. The lowest BCUT2D eigenvalue weighted by molar-refractivity contribution is 0.103. The summed E-state index contributed by atoms with van der Waals surface area (Å²) in [6.45, 7) is 3.79. The SMILES string of the molecule is C=C(CN)C(=O)c1ccccc1. The minimum atomic E-state index is -0.0712. The number of Topliss-reactive ketones (excluding diaryl/α,β-unsaturated/α-hetero) is 1. The van der Waals surface area contributed by atoms with Gasteiger partial charge in [0.05, 0.1) is 0 Å². The molecule has 0 heterocycles. The summed E-state index contributed by atoms with van der Waals surface area (Å²) in [5.41, 5.74) is 6.38. The number of nitrogens with two attached hydrogens (primary N) is 1. The van der Waals surface area contributed by atoms with Crippen LogP contribution in [-0.4, -0.2) is 12.3 Å². The molecule has 2 heteroatoms. The van der Waals surface area contributed by atoms with Gasteiger partial charge in [-0.1, -0.05) is 36.9 Å². The van der Waals surface area contributed by atoms with Crippen LogP contribution < -0.4 is 5.73 Å². The molecule has 2 nitrogen and oxygen atoms in total. The van der Waals surface area contributed by atoms with Crippen LogP contribution in [0.2, 0.25) is 0 Å². The first-order chi connectivity index (χ1) is 5.75. The number of benzene rings is 1. The fraction of sp³-hybridized carbons (Fsp3) is 0.100. The predicted octanol–water partition coefficient (Wildman–Crippen LogP) is 1.38. The molecule has 0 aromatic heterocycles. The molecule has 0 spiro atoms. The number of carbonyl (C=O) groups is 1. The minimum Gasteiger partial charge on any atom is -0.326 e. The highest BCUT2D eigenvalue weighted by Gasteiger charge is 2.06. The topological polar surface area (TPSA) is 43.1 Å². The zero-order valence-corrected chi connectivity index (χ0v) is 6.79. The van der Waals surface area contributed by atoms with Crippen LogP contribution in [-0.2, 0) is 0 Å². The molecule has 2 N–H and O–H groups in total. The predicted molar refractivity (Wildman–Crippen MR) is 49.0 cm³/mol. The van der Waals surface area contributed by atoms with Gasteiger partial charge in [0.1, 0.15) is 0 Å². The standard InChI is InChI=1S/C10H11NO/c1-8(7-11)10(12)9-5-3-2-4-6-9/h2-6H,1,7,11H2. The second-order valence-electron chi connectivity index (χ2n) is 2.50. The molecule has 0 saturated carbocycles. The zero-order chi connectivity index (χ0) is 8.97. The minimum absolute atomic E-state index is 0.0712. The Kier molecular flexibility index (Phi) is 2.77. The van der Waals surface area contributed by atoms with E-state index in [0.29, 0.717) is 11.1 Å². The molecule has 0 saturated heterocycles. The van der Waals surface area contributed by atoms with E-state index in [2.05, 4.69) is 6.58 Å². The van der Waals surface area contributed by atoms with E-state index in [4.69, 9.17) is 5.73 Å². The summed E-state index contributed by atoms with van der Waals surface area (Å²) in [5.74, 6) is -0.0712. The number of hydrogen-bond acceptors (Lipinski definition) is 2. The van der Waals surface area contributed by atoms with E-state index in [1.807, 2.05) is 18.2 Å². The summed E-state index contributed by atoms with van der Waals surface area (Å²) in [5, 5.41) is 0. The highest BCUT2D eigenvalue weighted by atomic mass is 16.1. The summed E-state index contributed by atoms with van der Waals surface area (Å²) >= 11 is 0. The van der Waals surface area contributed by atoms with E-state index >= 15 is 0 Å². The van der Waals surface area contributed by atoms with E-state index in [9.17, 15) is 4.79 Å². The number of hydrogen-bond donors (Lipinski definition) is 1. The van der Waals surface area contributed by atoms with E-state index in [1.54, 1.807) is 12.1 Å². The Bertz CT molecular complexity index is 290. The average Bonchev–Trinajstić information content (AvgIpc) is 2.17. The Labute approximate surface area is 71.7 Å². The first-order valence-electron chi connectivity index (χ1n) is 3.73. The van der Waals surface area contributed by atoms with Gasteiger partial charge in [-0.25, -0.2) is 0 Å². The third-order valence-corrected chi connectivity index (χ3v) is 1.60. The van der Waals surface area contributed by atoms with E-state index in [0.717, 1.165) is 0 Å². The first kappa shape index (κ1) is 8.68. The molecule has 0 unspecified atom stereocenters. The third kappa shape index (κ3) is 1.80. The lowest BCUT2D eigenvalue weighted by Crippen LogP contribution is -2.11. The maximum atomic E-state index is 11.4. The first-order valence-corrected chi connectivity index (χ1v) is 3.73. The Morgan fingerprint density at radius 1 is 1.33 bits per heavy atom. The van der Waals surface area contributed by atoms with Crippen molar-refractivity contribution in [3.05, 3.63) is 48.0 Å². The quantitative estimate of drug-likeness (QED) is 0.537. The van der Waals surface area contributed by atoms with Gasteiger partial charge in [0.15, 0.2) is 5.78 Å². The van der Waals surface area contributed by atoms with Crippen LogP contribution in [0.3, 0.4) is 0 Å². The molecule has 1 rings (SSSR count). The van der Waals surface area contributed by atoms with Crippen molar-refractivity contribution < 1.29 is 4.79 Å². The van der Waals surface area contributed by atoms with Crippen molar-refractivity contribution in [1.29, 1.82) is 0 Å². The van der Waals surface area contributed by atoms with Crippen LogP contribution >= 0.6 is 0 Å². The Morgan fingerprint density at radius 2 is 1.92 bits per heavy atom. The van der Waals surface area contributed by atoms with Crippen molar-refractivity contribution in [2.45, 2.75) is 0 Å². The Balaban J connectivity index is 2.86. The van der Waals surface area contributed by atoms with Crippen molar-refractivity contribution in [3.8, 4) is 0 Å². The fourth-order valence-corrected chi connectivity index (χ4v) is 0.886. The maximum absolute atomic E-state index is 11.4. The van der Waals surface area contributed by atoms with Gasteiger partial charge in [-0.2, -0.15) is 0 Å². The Morgan fingerprint density at radius 3 is 2.42 bits per heavy atom. The monoisotopic (exact) mass is 161 g/mol.